The second kappa shape index (κ2) is 6.78. The lowest BCUT2D eigenvalue weighted by molar-refractivity contribution is 0.0601. The number of primary sulfonamides is 1. The average molecular weight is 425 g/mol. The monoisotopic (exact) mass is 424 g/mol. The summed E-state index contributed by atoms with van der Waals surface area (Å²) in [6.07, 6.45) is 0.826. The number of nitrogens with two attached hydrogens (primary N) is 1. The predicted molar refractivity (Wildman–Crippen MR) is 98.1 cm³/mol. The first-order valence-corrected chi connectivity index (χ1v) is 9.91. The van der Waals surface area contributed by atoms with Crippen LogP contribution in [0.1, 0.15) is 21.5 Å². The third-order valence-electron chi connectivity index (χ3n) is 4.26. The zero-order valence-electron chi connectivity index (χ0n) is 13.5. The smallest absolute Gasteiger partial charge is 0.340 e. The van der Waals surface area contributed by atoms with Crippen molar-refractivity contribution >= 4 is 37.6 Å². The molecule has 0 fully saturated rings. The SMILES string of the molecule is COC(=O)c1cc(S(N)(=O)=O)ccc1N1CCc2cccc(Br)c2C1. The van der Waals surface area contributed by atoms with Crippen molar-refractivity contribution in [3.05, 3.63) is 57.6 Å². The average Bonchev–Trinajstić information content (AvgIpc) is 2.60. The van der Waals surface area contributed by atoms with Crippen LogP contribution in [0.3, 0.4) is 0 Å². The molecule has 25 heavy (non-hydrogen) atoms. The van der Waals surface area contributed by atoms with Gasteiger partial charge in [0.05, 0.1) is 23.3 Å². The molecule has 0 aromatic heterocycles. The maximum Gasteiger partial charge on any atom is 0.340 e. The molecule has 3 rings (SSSR count). The summed E-state index contributed by atoms with van der Waals surface area (Å²) >= 11 is 3.57. The maximum absolute atomic E-state index is 12.2. The molecule has 2 aromatic rings. The number of anilines is 1. The van der Waals surface area contributed by atoms with Crippen molar-refractivity contribution in [2.75, 3.05) is 18.6 Å². The van der Waals surface area contributed by atoms with E-state index in [2.05, 4.69) is 22.0 Å². The number of halogens is 1. The summed E-state index contributed by atoms with van der Waals surface area (Å²) in [7, 11) is -2.64. The Hall–Kier alpha value is -1.90. The molecule has 2 N–H and O–H groups in total. The zero-order valence-corrected chi connectivity index (χ0v) is 15.9. The summed E-state index contributed by atoms with van der Waals surface area (Å²) in [6.45, 7) is 1.32. The second-order valence-corrected chi connectivity index (χ2v) is 8.18. The number of carbonyl (C=O) groups is 1. The minimum Gasteiger partial charge on any atom is -0.465 e. The van der Waals surface area contributed by atoms with Crippen LogP contribution in [-0.2, 0) is 27.7 Å². The number of benzene rings is 2. The molecule has 0 bridgehead atoms. The number of esters is 1. The molecule has 0 spiro atoms. The molecule has 1 heterocycles. The largest absolute Gasteiger partial charge is 0.465 e. The number of rotatable bonds is 3. The van der Waals surface area contributed by atoms with Crippen LogP contribution >= 0.6 is 15.9 Å². The van der Waals surface area contributed by atoms with Gasteiger partial charge in [-0.05, 0) is 41.8 Å². The van der Waals surface area contributed by atoms with E-state index >= 15 is 0 Å². The van der Waals surface area contributed by atoms with E-state index in [1.165, 1.54) is 24.8 Å². The molecule has 0 saturated carbocycles. The lowest BCUT2D eigenvalue weighted by atomic mass is 9.98. The number of hydrogen-bond donors (Lipinski definition) is 1. The normalized spacial score (nSPS) is 14.1. The van der Waals surface area contributed by atoms with Crippen LogP contribution in [0, 0.1) is 0 Å². The van der Waals surface area contributed by atoms with E-state index < -0.39 is 16.0 Å². The fourth-order valence-electron chi connectivity index (χ4n) is 2.99. The highest BCUT2D eigenvalue weighted by Gasteiger charge is 2.24. The molecule has 0 amide bonds. The summed E-state index contributed by atoms with van der Waals surface area (Å²) in [5.41, 5.74) is 3.22. The van der Waals surface area contributed by atoms with Gasteiger partial charge in [0.1, 0.15) is 0 Å². The third kappa shape index (κ3) is 3.56. The van der Waals surface area contributed by atoms with Crippen molar-refractivity contribution in [3.63, 3.8) is 0 Å². The van der Waals surface area contributed by atoms with Crippen molar-refractivity contribution in [1.29, 1.82) is 0 Å². The molecule has 0 saturated heterocycles. The topological polar surface area (TPSA) is 89.7 Å². The minimum atomic E-state index is -3.90. The van der Waals surface area contributed by atoms with Gasteiger partial charge in [0.15, 0.2) is 0 Å². The van der Waals surface area contributed by atoms with Gasteiger partial charge in [0, 0.05) is 17.6 Å². The second-order valence-electron chi connectivity index (χ2n) is 5.76. The van der Waals surface area contributed by atoms with Crippen LogP contribution in [0.25, 0.3) is 0 Å². The predicted octanol–water partition coefficient (Wildman–Crippen LogP) is 2.45. The van der Waals surface area contributed by atoms with E-state index in [1.54, 1.807) is 6.07 Å². The molecule has 6 nitrogen and oxygen atoms in total. The number of nitrogens with zero attached hydrogens (tertiary/aromatic N) is 1. The molecule has 0 unspecified atom stereocenters. The number of methoxy groups -OCH3 is 1. The van der Waals surface area contributed by atoms with E-state index in [4.69, 9.17) is 9.88 Å². The van der Waals surface area contributed by atoms with Crippen LogP contribution in [0.2, 0.25) is 0 Å². The summed E-state index contributed by atoms with van der Waals surface area (Å²) in [4.78, 5) is 14.1. The van der Waals surface area contributed by atoms with Gasteiger partial charge >= 0.3 is 5.97 Å². The molecule has 8 heteroatoms. The van der Waals surface area contributed by atoms with Gasteiger partial charge in [-0.15, -0.1) is 0 Å². The Morgan fingerprint density at radius 1 is 1.28 bits per heavy atom. The number of sulfonamides is 1. The van der Waals surface area contributed by atoms with Crippen LogP contribution in [-0.4, -0.2) is 28.0 Å². The fourth-order valence-corrected chi connectivity index (χ4v) is 4.06. The number of fused-ring (bicyclic) bond motifs is 1. The Balaban J connectivity index is 2.05. The number of carbonyl (C=O) groups excluding carboxylic acids is 1. The lowest BCUT2D eigenvalue weighted by Crippen LogP contribution is -2.32. The van der Waals surface area contributed by atoms with Crippen LogP contribution in [0.4, 0.5) is 5.69 Å². The highest BCUT2D eigenvalue weighted by atomic mass is 79.9. The van der Waals surface area contributed by atoms with Gasteiger partial charge in [-0.25, -0.2) is 18.4 Å². The van der Waals surface area contributed by atoms with E-state index in [9.17, 15) is 13.2 Å². The van der Waals surface area contributed by atoms with Crippen molar-refractivity contribution < 1.29 is 17.9 Å². The van der Waals surface area contributed by atoms with Gasteiger partial charge in [-0.3, -0.25) is 0 Å². The first-order chi connectivity index (χ1) is 11.8. The van der Waals surface area contributed by atoms with Crippen LogP contribution in [0.5, 0.6) is 0 Å². The molecule has 0 aliphatic carbocycles. The van der Waals surface area contributed by atoms with Gasteiger partial charge in [-0.2, -0.15) is 0 Å². The Labute approximate surface area is 154 Å². The Bertz CT molecular complexity index is 944. The summed E-state index contributed by atoms with van der Waals surface area (Å²) in [5, 5.41) is 5.18. The highest BCUT2D eigenvalue weighted by molar-refractivity contribution is 9.10. The maximum atomic E-state index is 12.2. The van der Waals surface area contributed by atoms with E-state index in [0.29, 0.717) is 18.8 Å². The van der Waals surface area contributed by atoms with Gasteiger partial charge < -0.3 is 9.64 Å². The van der Waals surface area contributed by atoms with Crippen molar-refractivity contribution in [2.45, 2.75) is 17.9 Å². The van der Waals surface area contributed by atoms with E-state index in [-0.39, 0.29) is 10.5 Å². The van der Waals surface area contributed by atoms with Gasteiger partial charge in [-0.1, -0.05) is 28.1 Å². The molecule has 0 radical (unpaired) electrons. The van der Waals surface area contributed by atoms with E-state index in [0.717, 1.165) is 16.5 Å². The Kier molecular flexibility index (Phi) is 4.86. The summed E-state index contributed by atoms with van der Waals surface area (Å²) in [5.74, 6) is -0.599. The Morgan fingerprint density at radius 3 is 2.72 bits per heavy atom. The molecule has 1 aliphatic rings. The van der Waals surface area contributed by atoms with Crippen LogP contribution in [0.15, 0.2) is 45.8 Å². The molecule has 1 aliphatic heterocycles. The van der Waals surface area contributed by atoms with Crippen molar-refractivity contribution in [2.24, 2.45) is 5.14 Å². The molecular weight excluding hydrogens is 408 g/mol. The standard InChI is InChI=1S/C17H17BrN2O4S/c1-24-17(21)13-9-12(25(19,22)23)5-6-16(13)20-8-7-11-3-2-4-15(18)14(11)10-20/h2-6,9H,7-8,10H2,1H3,(H2,19,22,23). The minimum absolute atomic E-state index is 0.116. The van der Waals surface area contributed by atoms with Gasteiger partial charge in [0.25, 0.3) is 0 Å². The quantitative estimate of drug-likeness (QED) is 0.764. The van der Waals surface area contributed by atoms with Crippen molar-refractivity contribution in [3.8, 4) is 0 Å². The first kappa shape index (κ1) is 17.9. The van der Waals surface area contributed by atoms with Crippen LogP contribution < -0.4 is 10.0 Å². The van der Waals surface area contributed by atoms with Crippen molar-refractivity contribution in [1.82, 2.24) is 0 Å². The third-order valence-corrected chi connectivity index (χ3v) is 5.91. The lowest BCUT2D eigenvalue weighted by Gasteiger charge is -2.32. The molecular formula is C17H17BrN2O4S. The fraction of sp³-hybridized carbons (Fsp3) is 0.235. The van der Waals surface area contributed by atoms with Gasteiger partial charge in [0.2, 0.25) is 10.0 Å². The molecule has 2 aromatic carbocycles. The number of ether oxygens (including phenoxy) is 1. The van der Waals surface area contributed by atoms with E-state index in [1.807, 2.05) is 17.0 Å². The Morgan fingerprint density at radius 2 is 2.04 bits per heavy atom. The summed E-state index contributed by atoms with van der Waals surface area (Å²) < 4.78 is 29.0. The molecule has 0 atom stereocenters. The summed E-state index contributed by atoms with van der Waals surface area (Å²) in [6, 6.07) is 10.3. The molecule has 132 valence electrons. The first-order valence-electron chi connectivity index (χ1n) is 7.57. The highest BCUT2D eigenvalue weighted by Crippen LogP contribution is 2.32. The zero-order chi connectivity index (χ0) is 18.2. The number of hydrogen-bond acceptors (Lipinski definition) is 5.